The molecule has 1 aliphatic rings. The molecule has 0 bridgehead atoms. The van der Waals surface area contributed by atoms with Gasteiger partial charge in [-0.05, 0) is 12.2 Å². The number of halogens is 1. The van der Waals surface area contributed by atoms with Crippen molar-refractivity contribution in [2.45, 2.75) is 12.2 Å². The van der Waals surface area contributed by atoms with E-state index in [1.54, 1.807) is 12.2 Å². The Morgan fingerprint density at radius 3 is 2.55 bits per heavy atom. The molecule has 0 aromatic carbocycles. The smallest absolute Gasteiger partial charge is 0.117 e. The first-order valence-corrected chi connectivity index (χ1v) is 3.86. The second-order valence-corrected chi connectivity index (χ2v) is 3.12. The maximum Gasteiger partial charge on any atom is 0.117 e. The van der Waals surface area contributed by atoms with Gasteiger partial charge in [-0.1, -0.05) is 21.9 Å². The Bertz CT molecular complexity index is 260. The molecule has 0 amide bonds. The van der Waals surface area contributed by atoms with Gasteiger partial charge in [-0.15, -0.1) is 6.42 Å². The highest BCUT2D eigenvalue weighted by Crippen LogP contribution is 2.23. The van der Waals surface area contributed by atoms with Gasteiger partial charge in [0.25, 0.3) is 0 Å². The minimum atomic E-state index is -0.973. The molecule has 2 nitrogen and oxygen atoms in total. The summed E-state index contributed by atoms with van der Waals surface area (Å²) in [5, 5.41) is 18.5. The number of hydrogen-bond donors (Lipinski definition) is 2. The van der Waals surface area contributed by atoms with E-state index in [0.29, 0.717) is 10.1 Å². The summed E-state index contributed by atoms with van der Waals surface area (Å²) < 4.78 is 0.545. The van der Waals surface area contributed by atoms with Crippen molar-refractivity contribution in [3.63, 3.8) is 0 Å². The van der Waals surface area contributed by atoms with E-state index < -0.39 is 12.2 Å². The zero-order valence-electron chi connectivity index (χ0n) is 5.66. The lowest BCUT2D eigenvalue weighted by atomic mass is 10.0. The molecule has 0 aromatic rings. The van der Waals surface area contributed by atoms with Crippen LogP contribution in [-0.4, -0.2) is 22.4 Å². The average molecular weight is 215 g/mol. The predicted molar refractivity (Wildman–Crippen MR) is 45.9 cm³/mol. The molecular formula is C8H7BrO2. The van der Waals surface area contributed by atoms with Crippen molar-refractivity contribution in [1.82, 2.24) is 0 Å². The lowest BCUT2D eigenvalue weighted by Crippen LogP contribution is -2.29. The molecule has 11 heavy (non-hydrogen) atoms. The number of aliphatic hydroxyl groups is 2. The molecule has 0 fully saturated rings. The summed E-state index contributed by atoms with van der Waals surface area (Å²) in [6, 6.07) is 0. The number of rotatable bonds is 0. The van der Waals surface area contributed by atoms with Crippen LogP contribution in [0.3, 0.4) is 0 Å². The summed E-state index contributed by atoms with van der Waals surface area (Å²) in [6.45, 7) is 0. The Hall–Kier alpha value is -0.560. The number of aliphatic hydroxyl groups excluding tert-OH is 2. The second kappa shape index (κ2) is 3.22. The third kappa shape index (κ3) is 1.54. The lowest BCUT2D eigenvalue weighted by molar-refractivity contribution is 0.0726. The van der Waals surface area contributed by atoms with Crippen LogP contribution in [0.15, 0.2) is 22.2 Å². The summed E-state index contributed by atoms with van der Waals surface area (Å²) in [4.78, 5) is 0. The molecular weight excluding hydrogens is 208 g/mol. The molecule has 0 aromatic heterocycles. The van der Waals surface area contributed by atoms with Crippen LogP contribution in [0.25, 0.3) is 0 Å². The third-order valence-corrected chi connectivity index (χ3v) is 2.22. The van der Waals surface area contributed by atoms with Gasteiger partial charge >= 0.3 is 0 Å². The van der Waals surface area contributed by atoms with Crippen molar-refractivity contribution in [2.75, 3.05) is 0 Å². The van der Waals surface area contributed by atoms with Crippen molar-refractivity contribution in [1.29, 1.82) is 0 Å². The average Bonchev–Trinajstić information content (AvgIpc) is 2.01. The number of hydrogen-bond acceptors (Lipinski definition) is 2. The summed E-state index contributed by atoms with van der Waals surface area (Å²) in [5.41, 5.74) is 0.403. The quantitative estimate of drug-likeness (QED) is 0.579. The molecule has 3 heteroatoms. The van der Waals surface area contributed by atoms with Gasteiger partial charge in [0.05, 0.1) is 0 Å². The van der Waals surface area contributed by atoms with Gasteiger partial charge in [0.15, 0.2) is 0 Å². The fourth-order valence-electron chi connectivity index (χ4n) is 0.821. The molecule has 2 N–H and O–H groups in total. The van der Waals surface area contributed by atoms with Gasteiger partial charge in [-0.25, -0.2) is 0 Å². The maximum absolute atomic E-state index is 9.28. The van der Waals surface area contributed by atoms with Crippen LogP contribution in [0.1, 0.15) is 0 Å². The standard InChI is InChI=1S/C8H7BrO2/c1-2-5-3-4-6(9)8(11)7(5)10/h1,3-4,7-8,10-11H/t7-,8+/m1/s1. The lowest BCUT2D eigenvalue weighted by Gasteiger charge is -2.20. The summed E-state index contributed by atoms with van der Waals surface area (Å²) in [7, 11) is 0. The van der Waals surface area contributed by atoms with Crippen molar-refractivity contribution in [3.8, 4) is 12.3 Å². The Morgan fingerprint density at radius 1 is 1.36 bits per heavy atom. The molecule has 58 valence electrons. The number of allylic oxidation sites excluding steroid dienone is 2. The number of terminal acetylenes is 1. The largest absolute Gasteiger partial charge is 0.385 e. The van der Waals surface area contributed by atoms with Crippen LogP contribution in [0.2, 0.25) is 0 Å². The van der Waals surface area contributed by atoms with E-state index in [0.717, 1.165) is 0 Å². The van der Waals surface area contributed by atoms with Crippen LogP contribution in [0, 0.1) is 12.3 Å². The van der Waals surface area contributed by atoms with Crippen LogP contribution in [0.5, 0.6) is 0 Å². The van der Waals surface area contributed by atoms with E-state index in [1.165, 1.54) is 0 Å². The van der Waals surface area contributed by atoms with Crippen LogP contribution >= 0.6 is 15.9 Å². The molecule has 0 heterocycles. The van der Waals surface area contributed by atoms with E-state index in [2.05, 4.69) is 21.9 Å². The van der Waals surface area contributed by atoms with Crippen LogP contribution < -0.4 is 0 Å². The summed E-state index contributed by atoms with van der Waals surface area (Å²) in [5.74, 6) is 2.29. The van der Waals surface area contributed by atoms with Crippen molar-refractivity contribution in [2.24, 2.45) is 0 Å². The van der Waals surface area contributed by atoms with E-state index >= 15 is 0 Å². The highest BCUT2D eigenvalue weighted by Gasteiger charge is 2.24. The zero-order chi connectivity index (χ0) is 8.43. The molecule has 0 aliphatic heterocycles. The first-order chi connectivity index (χ1) is 5.16. The molecule has 0 spiro atoms. The van der Waals surface area contributed by atoms with Crippen molar-refractivity contribution in [3.05, 3.63) is 22.2 Å². The van der Waals surface area contributed by atoms with Gasteiger partial charge in [0.2, 0.25) is 0 Å². The van der Waals surface area contributed by atoms with Gasteiger partial charge in [0, 0.05) is 10.1 Å². The van der Waals surface area contributed by atoms with E-state index in [9.17, 15) is 10.2 Å². The molecule has 2 atom stereocenters. The highest BCUT2D eigenvalue weighted by atomic mass is 79.9. The normalized spacial score (nSPS) is 30.4. The van der Waals surface area contributed by atoms with E-state index in [-0.39, 0.29) is 0 Å². The summed E-state index contributed by atoms with van der Waals surface area (Å²) >= 11 is 3.09. The Morgan fingerprint density at radius 2 is 2.00 bits per heavy atom. The minimum absolute atomic E-state index is 0.403. The van der Waals surface area contributed by atoms with E-state index in [1.807, 2.05) is 0 Å². The monoisotopic (exact) mass is 214 g/mol. The summed E-state index contributed by atoms with van der Waals surface area (Å²) in [6.07, 6.45) is 6.40. The molecule has 0 saturated heterocycles. The zero-order valence-corrected chi connectivity index (χ0v) is 7.25. The molecule has 0 unspecified atom stereocenters. The third-order valence-electron chi connectivity index (χ3n) is 1.49. The maximum atomic E-state index is 9.28. The van der Waals surface area contributed by atoms with Gasteiger partial charge < -0.3 is 10.2 Å². The van der Waals surface area contributed by atoms with Gasteiger partial charge in [0.1, 0.15) is 12.2 Å². The van der Waals surface area contributed by atoms with E-state index in [4.69, 9.17) is 6.42 Å². The molecule has 0 radical (unpaired) electrons. The van der Waals surface area contributed by atoms with Crippen molar-refractivity contribution < 1.29 is 10.2 Å². The Balaban J connectivity index is 2.95. The van der Waals surface area contributed by atoms with Crippen LogP contribution in [-0.2, 0) is 0 Å². The SMILES string of the molecule is C#CC1=CC=C(Br)[C@H](O)[C@@H]1O. The topological polar surface area (TPSA) is 40.5 Å². The fraction of sp³-hybridized carbons (Fsp3) is 0.250. The predicted octanol–water partition coefficient (Wildman–Crippen LogP) is 0.560. The Kier molecular flexibility index (Phi) is 2.50. The van der Waals surface area contributed by atoms with Crippen LogP contribution in [0.4, 0.5) is 0 Å². The first-order valence-electron chi connectivity index (χ1n) is 3.07. The molecule has 1 aliphatic carbocycles. The van der Waals surface area contributed by atoms with Gasteiger partial charge in [-0.3, -0.25) is 0 Å². The fourth-order valence-corrected chi connectivity index (χ4v) is 1.20. The van der Waals surface area contributed by atoms with Crippen molar-refractivity contribution >= 4 is 15.9 Å². The minimum Gasteiger partial charge on any atom is -0.385 e. The van der Waals surface area contributed by atoms with Gasteiger partial charge in [-0.2, -0.15) is 0 Å². The molecule has 1 rings (SSSR count). The molecule has 0 saturated carbocycles. The first kappa shape index (κ1) is 8.54. The Labute approximate surface area is 73.4 Å². The second-order valence-electron chi connectivity index (χ2n) is 2.21. The highest BCUT2D eigenvalue weighted by molar-refractivity contribution is 9.11.